The molecule has 0 unspecified atom stereocenters. The van der Waals surface area contributed by atoms with Crippen LogP contribution in [-0.4, -0.2) is 37.6 Å². The molecule has 1 aliphatic heterocycles. The van der Waals surface area contributed by atoms with E-state index in [4.69, 9.17) is 4.74 Å². The maximum Gasteiger partial charge on any atom is 0.256 e. The predicted molar refractivity (Wildman–Crippen MR) is 74.6 cm³/mol. The first-order chi connectivity index (χ1) is 9.09. The molecule has 1 amide bonds. The Morgan fingerprint density at radius 3 is 2.84 bits per heavy atom. The van der Waals surface area contributed by atoms with Crippen LogP contribution in [0, 0.1) is 11.7 Å². The van der Waals surface area contributed by atoms with Gasteiger partial charge < -0.3 is 9.64 Å². The predicted octanol–water partition coefficient (Wildman–Crippen LogP) is 3.09. The number of hydrogen-bond donors (Lipinski definition) is 0. The van der Waals surface area contributed by atoms with Crippen LogP contribution in [0.1, 0.15) is 23.2 Å². The van der Waals surface area contributed by atoms with Crippen LogP contribution >= 0.6 is 15.9 Å². The Morgan fingerprint density at radius 1 is 1.47 bits per heavy atom. The Balaban J connectivity index is 2.03. The van der Waals surface area contributed by atoms with Crippen molar-refractivity contribution in [1.29, 1.82) is 0 Å². The van der Waals surface area contributed by atoms with Crippen LogP contribution < -0.4 is 0 Å². The zero-order chi connectivity index (χ0) is 13.8. The van der Waals surface area contributed by atoms with E-state index in [-0.39, 0.29) is 11.5 Å². The molecule has 1 aromatic carbocycles. The molecule has 0 N–H and O–H groups in total. The molecule has 1 aliphatic rings. The van der Waals surface area contributed by atoms with E-state index in [2.05, 4.69) is 15.9 Å². The summed E-state index contributed by atoms with van der Waals surface area (Å²) < 4.78 is 19.5. The zero-order valence-corrected chi connectivity index (χ0v) is 12.5. The van der Waals surface area contributed by atoms with Crippen molar-refractivity contribution in [2.45, 2.75) is 12.8 Å². The number of nitrogens with zero attached hydrogens (tertiary/aromatic N) is 1. The van der Waals surface area contributed by atoms with Crippen LogP contribution in [0.3, 0.4) is 0 Å². The summed E-state index contributed by atoms with van der Waals surface area (Å²) in [7, 11) is 1.72. The van der Waals surface area contributed by atoms with Gasteiger partial charge in [0.2, 0.25) is 0 Å². The molecule has 19 heavy (non-hydrogen) atoms. The third-order valence-corrected chi connectivity index (χ3v) is 4.01. The Kier molecular flexibility index (Phi) is 4.93. The second-order valence-corrected chi connectivity index (χ2v) is 5.70. The number of ether oxygens (including phenoxy) is 1. The molecule has 0 saturated carbocycles. The molecule has 0 spiro atoms. The summed E-state index contributed by atoms with van der Waals surface area (Å²) in [5, 5.41) is 0. The topological polar surface area (TPSA) is 29.5 Å². The lowest BCUT2D eigenvalue weighted by Gasteiger charge is -2.27. The number of benzene rings is 1. The first kappa shape index (κ1) is 14.5. The van der Waals surface area contributed by atoms with Gasteiger partial charge in [0.15, 0.2) is 0 Å². The average molecular weight is 330 g/mol. The van der Waals surface area contributed by atoms with Crippen LogP contribution in [0.25, 0.3) is 0 Å². The first-order valence-corrected chi connectivity index (χ1v) is 7.16. The van der Waals surface area contributed by atoms with Gasteiger partial charge in [-0.05, 0) is 46.8 Å². The van der Waals surface area contributed by atoms with E-state index in [1.54, 1.807) is 24.1 Å². The molecular weight excluding hydrogens is 313 g/mol. The largest absolute Gasteiger partial charge is 0.381 e. The molecule has 0 bridgehead atoms. The highest BCUT2D eigenvalue weighted by Crippen LogP contribution is 2.21. The van der Waals surface area contributed by atoms with Crippen LogP contribution in [-0.2, 0) is 4.74 Å². The van der Waals surface area contributed by atoms with Crippen molar-refractivity contribution >= 4 is 21.8 Å². The fourth-order valence-electron chi connectivity index (χ4n) is 2.27. The highest BCUT2D eigenvalue weighted by molar-refractivity contribution is 9.10. The van der Waals surface area contributed by atoms with Gasteiger partial charge in [-0.1, -0.05) is 6.07 Å². The minimum Gasteiger partial charge on any atom is -0.381 e. The van der Waals surface area contributed by atoms with E-state index in [1.807, 2.05) is 0 Å². The Bertz CT molecular complexity index is 461. The van der Waals surface area contributed by atoms with E-state index >= 15 is 0 Å². The molecule has 1 heterocycles. The van der Waals surface area contributed by atoms with Gasteiger partial charge in [-0.15, -0.1) is 0 Å². The normalized spacial score (nSPS) is 16.4. The van der Waals surface area contributed by atoms with E-state index in [1.165, 1.54) is 6.07 Å². The number of carbonyl (C=O) groups is 1. The van der Waals surface area contributed by atoms with Crippen molar-refractivity contribution in [3.8, 4) is 0 Å². The summed E-state index contributed by atoms with van der Waals surface area (Å²) >= 11 is 3.10. The van der Waals surface area contributed by atoms with Crippen molar-refractivity contribution in [1.82, 2.24) is 4.90 Å². The minimum absolute atomic E-state index is 0.115. The Morgan fingerprint density at radius 2 is 2.16 bits per heavy atom. The third kappa shape index (κ3) is 3.54. The van der Waals surface area contributed by atoms with E-state index in [0.717, 1.165) is 26.1 Å². The maximum atomic E-state index is 13.9. The highest BCUT2D eigenvalue weighted by Gasteiger charge is 2.22. The number of rotatable bonds is 3. The standard InChI is InChI=1S/C14H17BrFNO2/c1-17(9-10-5-7-19-8-6-10)14(18)11-3-2-4-12(15)13(11)16/h2-4,10H,5-9H2,1H3. The van der Waals surface area contributed by atoms with Crippen molar-refractivity contribution in [2.75, 3.05) is 26.8 Å². The monoisotopic (exact) mass is 329 g/mol. The lowest BCUT2D eigenvalue weighted by molar-refractivity contribution is 0.0495. The molecule has 0 atom stereocenters. The molecule has 1 saturated heterocycles. The van der Waals surface area contributed by atoms with Crippen LogP contribution in [0.4, 0.5) is 4.39 Å². The van der Waals surface area contributed by atoms with Crippen LogP contribution in [0.5, 0.6) is 0 Å². The lowest BCUT2D eigenvalue weighted by atomic mass is 9.99. The quantitative estimate of drug-likeness (QED) is 0.852. The first-order valence-electron chi connectivity index (χ1n) is 6.37. The second kappa shape index (κ2) is 6.48. The van der Waals surface area contributed by atoms with Gasteiger partial charge in [-0.3, -0.25) is 4.79 Å². The third-order valence-electron chi connectivity index (χ3n) is 3.40. The van der Waals surface area contributed by atoms with Gasteiger partial charge in [0.25, 0.3) is 5.91 Å². The molecule has 0 aliphatic carbocycles. The van der Waals surface area contributed by atoms with Gasteiger partial charge in [0.05, 0.1) is 10.0 Å². The molecule has 104 valence electrons. The van der Waals surface area contributed by atoms with Crippen LogP contribution in [0.15, 0.2) is 22.7 Å². The van der Waals surface area contributed by atoms with Crippen LogP contribution in [0.2, 0.25) is 0 Å². The van der Waals surface area contributed by atoms with Gasteiger partial charge in [-0.2, -0.15) is 0 Å². The fourth-order valence-corrected chi connectivity index (χ4v) is 2.64. The molecule has 3 nitrogen and oxygen atoms in total. The lowest BCUT2D eigenvalue weighted by Crippen LogP contribution is -2.34. The van der Waals surface area contributed by atoms with Gasteiger partial charge >= 0.3 is 0 Å². The summed E-state index contributed by atoms with van der Waals surface area (Å²) in [6, 6.07) is 4.77. The Labute approximate surface area is 120 Å². The van der Waals surface area contributed by atoms with E-state index < -0.39 is 5.82 Å². The number of hydrogen-bond acceptors (Lipinski definition) is 2. The van der Waals surface area contributed by atoms with Gasteiger partial charge in [0, 0.05) is 26.8 Å². The van der Waals surface area contributed by atoms with Crippen molar-refractivity contribution in [3.05, 3.63) is 34.1 Å². The molecule has 5 heteroatoms. The maximum absolute atomic E-state index is 13.9. The SMILES string of the molecule is CN(CC1CCOCC1)C(=O)c1cccc(Br)c1F. The molecular formula is C14H17BrFNO2. The molecule has 1 aromatic rings. The molecule has 1 fully saturated rings. The van der Waals surface area contributed by atoms with E-state index in [0.29, 0.717) is 16.9 Å². The summed E-state index contributed by atoms with van der Waals surface area (Å²) in [6.07, 6.45) is 1.91. The highest BCUT2D eigenvalue weighted by atomic mass is 79.9. The summed E-state index contributed by atoms with van der Waals surface area (Å²) in [4.78, 5) is 13.8. The van der Waals surface area contributed by atoms with E-state index in [9.17, 15) is 9.18 Å². The second-order valence-electron chi connectivity index (χ2n) is 4.84. The van der Waals surface area contributed by atoms with Crippen molar-refractivity contribution in [2.24, 2.45) is 5.92 Å². The van der Waals surface area contributed by atoms with Crippen molar-refractivity contribution in [3.63, 3.8) is 0 Å². The molecule has 0 aromatic heterocycles. The van der Waals surface area contributed by atoms with Gasteiger partial charge in [-0.25, -0.2) is 4.39 Å². The Hall–Kier alpha value is -0.940. The smallest absolute Gasteiger partial charge is 0.256 e. The molecule has 0 radical (unpaired) electrons. The summed E-state index contributed by atoms with van der Waals surface area (Å²) in [5.41, 5.74) is 0.115. The van der Waals surface area contributed by atoms with Crippen molar-refractivity contribution < 1.29 is 13.9 Å². The number of amides is 1. The zero-order valence-electron chi connectivity index (χ0n) is 10.9. The molecule has 2 rings (SSSR count). The average Bonchev–Trinajstić information content (AvgIpc) is 2.42. The fraction of sp³-hybridized carbons (Fsp3) is 0.500. The number of halogens is 2. The summed E-state index contributed by atoms with van der Waals surface area (Å²) in [6.45, 7) is 2.14. The number of carbonyl (C=O) groups excluding carboxylic acids is 1. The van der Waals surface area contributed by atoms with Gasteiger partial charge in [0.1, 0.15) is 5.82 Å². The summed E-state index contributed by atoms with van der Waals surface area (Å²) in [5.74, 6) is -0.325. The minimum atomic E-state index is -0.494.